The fourth-order valence-electron chi connectivity index (χ4n) is 2.76. The van der Waals surface area contributed by atoms with E-state index in [1.807, 2.05) is 0 Å². The van der Waals surface area contributed by atoms with Crippen LogP contribution < -0.4 is 15.4 Å². The minimum absolute atomic E-state index is 0.145. The third kappa shape index (κ3) is 6.55. The second-order valence-corrected chi connectivity index (χ2v) is 8.49. The molecule has 0 aliphatic heterocycles. The molecule has 1 aromatic carbocycles. The molecule has 2 heterocycles. The zero-order valence-corrected chi connectivity index (χ0v) is 18.7. The van der Waals surface area contributed by atoms with Crippen LogP contribution in [-0.4, -0.2) is 51.1 Å². The number of hydrogen-bond donors (Lipinski definition) is 2. The summed E-state index contributed by atoms with van der Waals surface area (Å²) in [6, 6.07) is 5.53. The highest BCUT2D eigenvalue weighted by Gasteiger charge is 2.14. The fraction of sp³-hybridized carbons (Fsp3) is 0.429. The molecule has 3 aromatic rings. The summed E-state index contributed by atoms with van der Waals surface area (Å²) in [6.45, 7) is 7.82. The quantitative estimate of drug-likeness (QED) is 0.345. The number of carbonyl (C=O) groups excluding carboxylic acids is 1. The number of halogens is 1. The summed E-state index contributed by atoms with van der Waals surface area (Å²) in [7, 11) is 0. The van der Waals surface area contributed by atoms with Gasteiger partial charge in [-0.25, -0.2) is 19.0 Å². The summed E-state index contributed by atoms with van der Waals surface area (Å²) in [5, 5.41) is 12.2. The summed E-state index contributed by atoms with van der Waals surface area (Å²) < 4.78 is 20.0. The molecule has 0 radical (unpaired) electrons. The average Bonchev–Trinajstić information content (AvgIpc) is 3.15. The molecule has 8 nitrogen and oxygen atoms in total. The molecule has 2 N–H and O–H groups in total. The Bertz CT molecular complexity index is 1010. The first-order chi connectivity index (χ1) is 15.0. The highest BCUT2D eigenvalue weighted by atomic mass is 32.2. The van der Waals surface area contributed by atoms with Crippen LogP contribution in [0.3, 0.4) is 0 Å². The minimum atomic E-state index is -0.352. The van der Waals surface area contributed by atoms with Crippen LogP contribution in [0.25, 0.3) is 11.0 Å². The molecule has 0 aliphatic carbocycles. The number of rotatable bonds is 11. The molecule has 0 aliphatic rings. The largest absolute Gasteiger partial charge is 0.484 e. The molecule has 166 valence electrons. The van der Waals surface area contributed by atoms with E-state index in [4.69, 9.17) is 4.74 Å². The number of anilines is 1. The van der Waals surface area contributed by atoms with Gasteiger partial charge in [-0.1, -0.05) is 32.5 Å². The van der Waals surface area contributed by atoms with E-state index in [0.29, 0.717) is 29.9 Å². The Balaban J connectivity index is 1.60. The van der Waals surface area contributed by atoms with Gasteiger partial charge in [-0.15, -0.1) is 0 Å². The van der Waals surface area contributed by atoms with E-state index in [2.05, 4.69) is 46.5 Å². The van der Waals surface area contributed by atoms with E-state index in [0.717, 1.165) is 29.1 Å². The van der Waals surface area contributed by atoms with Crippen molar-refractivity contribution in [2.75, 3.05) is 30.8 Å². The molecule has 0 bridgehead atoms. The molecule has 0 atom stereocenters. The van der Waals surface area contributed by atoms with Gasteiger partial charge in [-0.3, -0.25) is 4.79 Å². The van der Waals surface area contributed by atoms with Crippen LogP contribution in [-0.2, 0) is 11.3 Å². The molecule has 0 saturated heterocycles. The number of benzene rings is 1. The van der Waals surface area contributed by atoms with Crippen molar-refractivity contribution < 1.29 is 13.9 Å². The monoisotopic (exact) mass is 446 g/mol. The number of nitrogens with zero attached hydrogens (tertiary/aromatic N) is 4. The Hall–Kier alpha value is -2.88. The maximum Gasteiger partial charge on any atom is 0.258 e. The summed E-state index contributed by atoms with van der Waals surface area (Å²) in [5.74, 6) is 1.95. The standard InChI is InChI=1S/C21H27FN6O2S/c1-4-31-21-26-19(24-11-14(2)3)17-12-25-28(20(17)27-21)10-9-23-18(29)13-30-16-7-5-15(22)6-8-16/h5-8,12,14H,4,9-11,13H2,1-3H3,(H,23,29)(H,24,26,27). The van der Waals surface area contributed by atoms with Crippen LogP contribution in [0.1, 0.15) is 20.8 Å². The molecule has 0 unspecified atom stereocenters. The predicted octanol–water partition coefficient (Wildman–Crippen LogP) is 3.34. The number of carbonyl (C=O) groups is 1. The van der Waals surface area contributed by atoms with Crippen molar-refractivity contribution in [1.82, 2.24) is 25.1 Å². The van der Waals surface area contributed by atoms with Crippen LogP contribution in [0.5, 0.6) is 5.75 Å². The number of fused-ring (bicyclic) bond motifs is 1. The van der Waals surface area contributed by atoms with Gasteiger partial charge in [0.15, 0.2) is 17.4 Å². The summed E-state index contributed by atoms with van der Waals surface area (Å²) >= 11 is 1.57. The van der Waals surface area contributed by atoms with Crippen LogP contribution in [0.2, 0.25) is 0 Å². The molecule has 0 spiro atoms. The Morgan fingerprint density at radius 2 is 2.03 bits per heavy atom. The summed E-state index contributed by atoms with van der Waals surface area (Å²) in [5.41, 5.74) is 0.731. The SMILES string of the molecule is CCSc1nc(NCC(C)C)c2cnn(CCNC(=O)COc3ccc(F)cc3)c2n1. The second-order valence-electron chi connectivity index (χ2n) is 7.26. The smallest absolute Gasteiger partial charge is 0.258 e. The molecule has 10 heteroatoms. The Morgan fingerprint density at radius 3 is 2.74 bits per heavy atom. The Kier molecular flexibility index (Phi) is 8.05. The first-order valence-electron chi connectivity index (χ1n) is 10.2. The third-order valence-electron chi connectivity index (χ3n) is 4.26. The lowest BCUT2D eigenvalue weighted by Crippen LogP contribution is -2.31. The lowest BCUT2D eigenvalue weighted by atomic mass is 10.2. The number of nitrogens with one attached hydrogen (secondary N) is 2. The van der Waals surface area contributed by atoms with Gasteiger partial charge >= 0.3 is 0 Å². The van der Waals surface area contributed by atoms with Gasteiger partial charge in [0, 0.05) is 13.1 Å². The first-order valence-corrected chi connectivity index (χ1v) is 11.2. The Morgan fingerprint density at radius 1 is 1.26 bits per heavy atom. The second kappa shape index (κ2) is 10.9. The van der Waals surface area contributed by atoms with Crippen molar-refractivity contribution in [2.45, 2.75) is 32.5 Å². The van der Waals surface area contributed by atoms with E-state index in [9.17, 15) is 9.18 Å². The van der Waals surface area contributed by atoms with E-state index in [1.54, 1.807) is 22.6 Å². The van der Waals surface area contributed by atoms with Gasteiger partial charge in [0.25, 0.3) is 5.91 Å². The molecular weight excluding hydrogens is 419 g/mol. The fourth-order valence-corrected chi connectivity index (χ4v) is 3.33. The molecular formula is C21H27FN6O2S. The Labute approximate surface area is 185 Å². The molecule has 31 heavy (non-hydrogen) atoms. The lowest BCUT2D eigenvalue weighted by Gasteiger charge is -2.11. The number of aromatic nitrogens is 4. The van der Waals surface area contributed by atoms with Gasteiger partial charge in [-0.05, 0) is 35.9 Å². The molecule has 0 saturated carbocycles. The molecule has 2 aromatic heterocycles. The number of hydrogen-bond acceptors (Lipinski definition) is 7. The van der Waals surface area contributed by atoms with Crippen LogP contribution >= 0.6 is 11.8 Å². The predicted molar refractivity (Wildman–Crippen MR) is 120 cm³/mol. The topological polar surface area (TPSA) is 94.0 Å². The van der Waals surface area contributed by atoms with E-state index < -0.39 is 0 Å². The third-order valence-corrected chi connectivity index (χ3v) is 4.99. The van der Waals surface area contributed by atoms with E-state index in [1.165, 1.54) is 24.3 Å². The van der Waals surface area contributed by atoms with Gasteiger partial charge in [-0.2, -0.15) is 5.10 Å². The van der Waals surface area contributed by atoms with Crippen LogP contribution in [0.4, 0.5) is 10.2 Å². The van der Waals surface area contributed by atoms with Gasteiger partial charge < -0.3 is 15.4 Å². The van der Waals surface area contributed by atoms with Crippen molar-refractivity contribution in [2.24, 2.45) is 5.92 Å². The maximum atomic E-state index is 12.9. The van der Waals surface area contributed by atoms with Crippen molar-refractivity contribution in [3.05, 3.63) is 36.3 Å². The van der Waals surface area contributed by atoms with Crippen LogP contribution in [0.15, 0.2) is 35.6 Å². The van der Waals surface area contributed by atoms with E-state index in [-0.39, 0.29) is 18.3 Å². The summed E-state index contributed by atoms with van der Waals surface area (Å²) in [4.78, 5) is 21.3. The zero-order valence-electron chi connectivity index (χ0n) is 17.9. The van der Waals surface area contributed by atoms with Crippen molar-refractivity contribution in [1.29, 1.82) is 0 Å². The molecule has 3 rings (SSSR count). The van der Waals surface area contributed by atoms with Crippen molar-refractivity contribution in [3.8, 4) is 5.75 Å². The first kappa shape index (κ1) is 22.8. The number of thioether (sulfide) groups is 1. The van der Waals surface area contributed by atoms with Gasteiger partial charge in [0.1, 0.15) is 17.4 Å². The zero-order chi connectivity index (χ0) is 22.2. The molecule has 1 amide bonds. The highest BCUT2D eigenvalue weighted by molar-refractivity contribution is 7.99. The maximum absolute atomic E-state index is 12.9. The van der Waals surface area contributed by atoms with Gasteiger partial charge in [0.2, 0.25) is 0 Å². The normalized spacial score (nSPS) is 11.1. The van der Waals surface area contributed by atoms with Crippen LogP contribution in [0, 0.1) is 11.7 Å². The van der Waals surface area contributed by atoms with E-state index >= 15 is 0 Å². The average molecular weight is 447 g/mol. The van der Waals surface area contributed by atoms with Crippen molar-refractivity contribution in [3.63, 3.8) is 0 Å². The van der Waals surface area contributed by atoms with Crippen molar-refractivity contribution >= 4 is 34.5 Å². The molecule has 0 fully saturated rings. The highest BCUT2D eigenvalue weighted by Crippen LogP contribution is 2.24. The minimum Gasteiger partial charge on any atom is -0.484 e. The lowest BCUT2D eigenvalue weighted by molar-refractivity contribution is -0.123. The number of amides is 1. The summed E-state index contributed by atoms with van der Waals surface area (Å²) in [6.07, 6.45) is 1.75. The number of ether oxygens (including phenoxy) is 1. The van der Waals surface area contributed by atoms with Gasteiger partial charge in [0.05, 0.1) is 18.1 Å².